The molecule has 0 aromatic heterocycles. The van der Waals surface area contributed by atoms with Crippen molar-refractivity contribution < 1.29 is 0 Å². The van der Waals surface area contributed by atoms with Gasteiger partial charge in [-0.2, -0.15) is 0 Å². The Hall–Kier alpha value is -0.0400. The minimum atomic E-state index is 0.420. The molecule has 1 saturated carbocycles. The Morgan fingerprint density at radius 3 is 2.09 bits per heavy atom. The van der Waals surface area contributed by atoms with E-state index in [-0.39, 0.29) is 0 Å². The van der Waals surface area contributed by atoms with Crippen LogP contribution in [0.15, 0.2) is 0 Å². The van der Waals surface area contributed by atoms with Crippen LogP contribution < -0.4 is 5.32 Å². The van der Waals surface area contributed by atoms with Crippen molar-refractivity contribution in [1.29, 1.82) is 0 Å². The summed E-state index contributed by atoms with van der Waals surface area (Å²) in [5.74, 6) is 0. The van der Waals surface area contributed by atoms with E-state index in [9.17, 15) is 0 Å². The van der Waals surface area contributed by atoms with Crippen LogP contribution in [-0.4, -0.2) is 12.1 Å². The molecular formula is C10H19N. The number of nitrogens with one attached hydrogen (secondary N) is 1. The first-order valence-corrected chi connectivity index (χ1v) is 4.91. The normalized spacial score (nSPS) is 33.3. The molecule has 1 heteroatoms. The molecule has 1 nitrogen and oxygen atoms in total. The smallest absolute Gasteiger partial charge is 0.0181 e. The first-order chi connectivity index (χ1) is 5.16. The summed E-state index contributed by atoms with van der Waals surface area (Å²) >= 11 is 0. The highest BCUT2D eigenvalue weighted by molar-refractivity contribution is 5.05. The Labute approximate surface area is 69.6 Å². The summed E-state index contributed by atoms with van der Waals surface area (Å²) < 4.78 is 0. The molecule has 2 rings (SSSR count). The minimum Gasteiger partial charge on any atom is -0.311 e. The molecule has 2 fully saturated rings. The lowest BCUT2D eigenvalue weighted by molar-refractivity contribution is 0.178. The van der Waals surface area contributed by atoms with Gasteiger partial charge in [0.2, 0.25) is 0 Å². The minimum absolute atomic E-state index is 0.420. The summed E-state index contributed by atoms with van der Waals surface area (Å²) in [7, 11) is 0. The summed E-state index contributed by atoms with van der Waals surface area (Å²) in [5, 5.41) is 3.63. The van der Waals surface area contributed by atoms with Crippen LogP contribution in [0.3, 0.4) is 0 Å². The van der Waals surface area contributed by atoms with Gasteiger partial charge in [-0.3, -0.25) is 0 Å². The lowest BCUT2D eigenvalue weighted by atomic mass is 9.71. The van der Waals surface area contributed by atoms with Gasteiger partial charge in [0.05, 0.1) is 0 Å². The second kappa shape index (κ2) is 2.22. The number of rotatable bonds is 0. The van der Waals surface area contributed by atoms with E-state index in [0.717, 1.165) is 0 Å². The predicted molar refractivity (Wildman–Crippen MR) is 47.6 cm³/mol. The first kappa shape index (κ1) is 7.60. The topological polar surface area (TPSA) is 12.0 Å². The van der Waals surface area contributed by atoms with Crippen LogP contribution in [0.2, 0.25) is 0 Å². The third-order valence-electron chi connectivity index (χ3n) is 4.06. The zero-order valence-corrected chi connectivity index (χ0v) is 7.74. The standard InChI is InChI=1S/C10H19N/c1-9(2)10(7-8-11-9)5-3-4-6-10/h11H,3-8H2,1-2H3. The predicted octanol–water partition coefficient (Wildman–Crippen LogP) is 2.32. The van der Waals surface area contributed by atoms with E-state index in [0.29, 0.717) is 11.0 Å². The Morgan fingerprint density at radius 2 is 1.64 bits per heavy atom. The van der Waals surface area contributed by atoms with E-state index in [1.807, 2.05) is 0 Å². The molecule has 0 aromatic rings. The monoisotopic (exact) mass is 153 g/mol. The van der Waals surface area contributed by atoms with Gasteiger partial charge in [0.25, 0.3) is 0 Å². The fourth-order valence-corrected chi connectivity index (χ4v) is 3.04. The Kier molecular flexibility index (Phi) is 1.54. The lowest BCUT2D eigenvalue weighted by Crippen LogP contribution is -2.44. The highest BCUT2D eigenvalue weighted by atomic mass is 15.0. The molecule has 1 aliphatic heterocycles. The van der Waals surface area contributed by atoms with Crippen molar-refractivity contribution in [3.05, 3.63) is 0 Å². The van der Waals surface area contributed by atoms with Gasteiger partial charge in [-0.25, -0.2) is 0 Å². The molecule has 1 saturated heterocycles. The molecule has 0 unspecified atom stereocenters. The van der Waals surface area contributed by atoms with Crippen LogP contribution in [-0.2, 0) is 0 Å². The van der Waals surface area contributed by atoms with Crippen LogP contribution in [0.25, 0.3) is 0 Å². The SMILES string of the molecule is CC1(C)NCCC12CCCC2. The molecule has 1 aliphatic carbocycles. The van der Waals surface area contributed by atoms with Gasteiger partial charge in [0.1, 0.15) is 0 Å². The fraction of sp³-hybridized carbons (Fsp3) is 1.00. The summed E-state index contributed by atoms with van der Waals surface area (Å²) in [6.45, 7) is 6.00. The van der Waals surface area contributed by atoms with Crippen molar-refractivity contribution in [3.63, 3.8) is 0 Å². The lowest BCUT2D eigenvalue weighted by Gasteiger charge is -2.37. The van der Waals surface area contributed by atoms with E-state index >= 15 is 0 Å². The van der Waals surface area contributed by atoms with Gasteiger partial charge >= 0.3 is 0 Å². The molecule has 0 aromatic carbocycles. The first-order valence-electron chi connectivity index (χ1n) is 4.91. The van der Waals surface area contributed by atoms with E-state index in [1.54, 1.807) is 0 Å². The molecule has 2 aliphatic rings. The average molecular weight is 153 g/mol. The molecule has 0 amide bonds. The van der Waals surface area contributed by atoms with E-state index in [2.05, 4.69) is 19.2 Å². The molecule has 11 heavy (non-hydrogen) atoms. The average Bonchev–Trinajstić information content (AvgIpc) is 2.45. The molecule has 64 valence electrons. The van der Waals surface area contributed by atoms with Crippen LogP contribution in [0, 0.1) is 5.41 Å². The summed E-state index contributed by atoms with van der Waals surface area (Å²) in [4.78, 5) is 0. The molecule has 1 spiro atoms. The van der Waals surface area contributed by atoms with Gasteiger partial charge < -0.3 is 5.32 Å². The second-order valence-corrected chi connectivity index (χ2v) is 4.79. The molecule has 1 heterocycles. The van der Waals surface area contributed by atoms with Crippen LogP contribution in [0.5, 0.6) is 0 Å². The number of hydrogen-bond acceptors (Lipinski definition) is 1. The zero-order valence-electron chi connectivity index (χ0n) is 7.74. The third-order valence-corrected chi connectivity index (χ3v) is 4.06. The summed E-state index contributed by atoms with van der Waals surface area (Å²) in [5.41, 5.74) is 1.09. The number of hydrogen-bond donors (Lipinski definition) is 1. The molecule has 1 N–H and O–H groups in total. The Balaban J connectivity index is 2.22. The highest BCUT2D eigenvalue weighted by Crippen LogP contribution is 2.51. The summed E-state index contributed by atoms with van der Waals surface area (Å²) in [6, 6.07) is 0. The highest BCUT2D eigenvalue weighted by Gasteiger charge is 2.49. The van der Waals surface area contributed by atoms with Crippen LogP contribution in [0.4, 0.5) is 0 Å². The van der Waals surface area contributed by atoms with Crippen molar-refractivity contribution in [2.45, 2.75) is 51.5 Å². The summed E-state index contributed by atoms with van der Waals surface area (Å²) in [6.07, 6.45) is 7.27. The quantitative estimate of drug-likeness (QED) is 0.563. The zero-order chi connectivity index (χ0) is 7.95. The maximum Gasteiger partial charge on any atom is 0.0181 e. The van der Waals surface area contributed by atoms with Crippen molar-refractivity contribution in [1.82, 2.24) is 5.32 Å². The fourth-order valence-electron chi connectivity index (χ4n) is 3.04. The van der Waals surface area contributed by atoms with Crippen LogP contribution in [0.1, 0.15) is 46.0 Å². The van der Waals surface area contributed by atoms with Crippen molar-refractivity contribution in [3.8, 4) is 0 Å². The van der Waals surface area contributed by atoms with Crippen molar-refractivity contribution in [2.24, 2.45) is 5.41 Å². The Morgan fingerprint density at radius 1 is 1.00 bits per heavy atom. The Bertz CT molecular complexity index is 149. The van der Waals surface area contributed by atoms with Crippen molar-refractivity contribution in [2.75, 3.05) is 6.54 Å². The third kappa shape index (κ3) is 0.936. The second-order valence-electron chi connectivity index (χ2n) is 4.79. The van der Waals surface area contributed by atoms with Gasteiger partial charge in [-0.15, -0.1) is 0 Å². The maximum atomic E-state index is 3.63. The molecular weight excluding hydrogens is 134 g/mol. The van der Waals surface area contributed by atoms with Gasteiger partial charge in [-0.05, 0) is 45.1 Å². The molecule has 0 bridgehead atoms. The molecule has 0 atom stereocenters. The van der Waals surface area contributed by atoms with E-state index < -0.39 is 0 Å². The van der Waals surface area contributed by atoms with Crippen LogP contribution >= 0.6 is 0 Å². The largest absolute Gasteiger partial charge is 0.311 e. The van der Waals surface area contributed by atoms with E-state index in [1.165, 1.54) is 38.6 Å². The van der Waals surface area contributed by atoms with Gasteiger partial charge in [0.15, 0.2) is 0 Å². The van der Waals surface area contributed by atoms with Gasteiger partial charge in [0, 0.05) is 5.54 Å². The van der Waals surface area contributed by atoms with Gasteiger partial charge in [-0.1, -0.05) is 12.8 Å². The van der Waals surface area contributed by atoms with E-state index in [4.69, 9.17) is 0 Å². The van der Waals surface area contributed by atoms with Crippen molar-refractivity contribution >= 4 is 0 Å². The maximum absolute atomic E-state index is 3.63. The molecule has 0 radical (unpaired) electrons.